The molecule has 1 saturated heterocycles. The van der Waals surface area contributed by atoms with Crippen molar-refractivity contribution in [3.05, 3.63) is 98.9 Å². The van der Waals surface area contributed by atoms with Crippen LogP contribution in [0.1, 0.15) is 29.4 Å². The van der Waals surface area contributed by atoms with Gasteiger partial charge < -0.3 is 8.98 Å². The van der Waals surface area contributed by atoms with E-state index in [1.165, 1.54) is 28.4 Å². The number of rotatable bonds is 6. The number of halogens is 1. The summed E-state index contributed by atoms with van der Waals surface area (Å²) in [5, 5.41) is 1.14. The number of hydrogen-bond acceptors (Lipinski definition) is 4. The maximum absolute atomic E-state index is 13.1. The van der Waals surface area contributed by atoms with Crippen molar-refractivity contribution >= 4 is 67.1 Å². The topological polar surface area (TPSA) is 38.4 Å². The summed E-state index contributed by atoms with van der Waals surface area (Å²) in [6.45, 7) is 3.28. The van der Waals surface area contributed by atoms with Gasteiger partial charge in [-0.15, -0.1) is 0 Å². The van der Waals surface area contributed by atoms with E-state index in [-0.39, 0.29) is 5.91 Å². The van der Waals surface area contributed by atoms with Gasteiger partial charge in [0.1, 0.15) is 10.1 Å². The number of hydrogen-bond donors (Lipinski definition) is 0. The number of aromatic nitrogens is 1. The molecule has 2 aromatic heterocycles. The molecule has 0 radical (unpaired) electrons. The molecular weight excluding hydrogens is 516 g/mol. The Labute approximate surface area is 210 Å². The summed E-state index contributed by atoms with van der Waals surface area (Å²) >= 11 is 10.4. The van der Waals surface area contributed by atoms with E-state index in [0.29, 0.717) is 21.5 Å². The zero-order valence-electron chi connectivity index (χ0n) is 18.0. The van der Waals surface area contributed by atoms with E-state index in [2.05, 4.69) is 76.1 Å². The van der Waals surface area contributed by atoms with Crippen LogP contribution in [0.25, 0.3) is 17.0 Å². The Morgan fingerprint density at radius 1 is 1.09 bits per heavy atom. The second-order valence-corrected chi connectivity index (χ2v) is 10.4. The first-order valence-corrected chi connectivity index (χ1v) is 12.7. The van der Waals surface area contributed by atoms with E-state index >= 15 is 0 Å². The van der Waals surface area contributed by atoms with Crippen LogP contribution in [0.5, 0.6) is 0 Å². The minimum Gasteiger partial charge on any atom is -0.467 e. The van der Waals surface area contributed by atoms with Gasteiger partial charge in [0.25, 0.3) is 5.91 Å². The van der Waals surface area contributed by atoms with Crippen molar-refractivity contribution in [1.29, 1.82) is 0 Å². The third-order valence-electron chi connectivity index (χ3n) is 5.71. The van der Waals surface area contributed by atoms with Crippen molar-refractivity contribution in [3.8, 4) is 0 Å². The van der Waals surface area contributed by atoms with Crippen LogP contribution in [0.3, 0.4) is 0 Å². The lowest BCUT2D eigenvalue weighted by Crippen LogP contribution is -2.27. The highest BCUT2D eigenvalue weighted by Crippen LogP contribution is 2.36. The monoisotopic (exact) mass is 536 g/mol. The second kappa shape index (κ2) is 9.33. The quantitative estimate of drug-likeness (QED) is 0.196. The van der Waals surface area contributed by atoms with Gasteiger partial charge in [-0.2, -0.15) is 0 Å². The standard InChI is InChI=1S/C26H21BrN2O2S2/c1-2-18-5-3-7-22-19(15-28(24(18)22)14-17-8-10-20(27)11-9-17)13-23-25(30)29(26(32)33-23)16-21-6-4-12-31-21/h3-13,15H,2,14,16H2,1H3/b23-13-. The number of para-hydroxylation sites is 1. The van der Waals surface area contributed by atoms with Crippen LogP contribution in [-0.2, 0) is 24.3 Å². The average Bonchev–Trinajstić information content (AvgIpc) is 3.52. The van der Waals surface area contributed by atoms with Gasteiger partial charge in [0.2, 0.25) is 0 Å². The molecule has 1 aliphatic heterocycles. The molecule has 0 N–H and O–H groups in total. The van der Waals surface area contributed by atoms with Crippen molar-refractivity contribution in [2.75, 3.05) is 0 Å². The van der Waals surface area contributed by atoms with Gasteiger partial charge in [0.05, 0.1) is 23.2 Å². The van der Waals surface area contributed by atoms with Crippen molar-refractivity contribution in [1.82, 2.24) is 9.47 Å². The lowest BCUT2D eigenvalue weighted by Gasteiger charge is -2.11. The van der Waals surface area contributed by atoms with E-state index in [4.69, 9.17) is 16.6 Å². The van der Waals surface area contributed by atoms with Gasteiger partial charge in [-0.25, -0.2) is 0 Å². The van der Waals surface area contributed by atoms with Crippen molar-refractivity contribution in [3.63, 3.8) is 0 Å². The molecule has 5 rings (SSSR count). The first-order valence-electron chi connectivity index (χ1n) is 10.7. The van der Waals surface area contributed by atoms with Gasteiger partial charge in [-0.05, 0) is 47.9 Å². The highest BCUT2D eigenvalue weighted by molar-refractivity contribution is 9.10. The number of benzene rings is 2. The lowest BCUT2D eigenvalue weighted by atomic mass is 10.1. The van der Waals surface area contributed by atoms with Crippen molar-refractivity contribution < 1.29 is 9.21 Å². The molecule has 7 heteroatoms. The highest BCUT2D eigenvalue weighted by Gasteiger charge is 2.32. The van der Waals surface area contributed by atoms with Gasteiger partial charge >= 0.3 is 0 Å². The van der Waals surface area contributed by atoms with Gasteiger partial charge in [0, 0.05) is 28.2 Å². The van der Waals surface area contributed by atoms with E-state index in [1.54, 1.807) is 11.2 Å². The normalized spacial score (nSPS) is 15.3. The number of thioether (sulfide) groups is 1. The first-order chi connectivity index (χ1) is 16.0. The summed E-state index contributed by atoms with van der Waals surface area (Å²) in [7, 11) is 0. The van der Waals surface area contributed by atoms with Crippen LogP contribution in [0, 0.1) is 0 Å². The molecule has 4 nitrogen and oxygen atoms in total. The minimum absolute atomic E-state index is 0.0816. The molecule has 0 bridgehead atoms. The van der Waals surface area contributed by atoms with Crippen molar-refractivity contribution in [2.24, 2.45) is 0 Å². The van der Waals surface area contributed by atoms with Crippen LogP contribution < -0.4 is 0 Å². The van der Waals surface area contributed by atoms with Gasteiger partial charge in [-0.3, -0.25) is 9.69 Å². The zero-order valence-corrected chi connectivity index (χ0v) is 21.2. The molecule has 3 heterocycles. The Bertz CT molecular complexity index is 1370. The van der Waals surface area contributed by atoms with Crippen LogP contribution in [0.15, 0.2) is 80.9 Å². The minimum atomic E-state index is -0.0816. The number of fused-ring (bicyclic) bond motifs is 1. The number of thiocarbonyl (C=S) groups is 1. The molecule has 4 aromatic rings. The SMILES string of the molecule is CCc1cccc2c(/C=C3\SC(=S)N(Cc4ccco4)C3=O)cn(Cc3ccc(Br)cc3)c12. The summed E-state index contributed by atoms with van der Waals surface area (Å²) in [4.78, 5) is 15.4. The highest BCUT2D eigenvalue weighted by atomic mass is 79.9. The zero-order chi connectivity index (χ0) is 22.9. The Balaban J connectivity index is 1.53. The van der Waals surface area contributed by atoms with Crippen LogP contribution >= 0.6 is 39.9 Å². The average molecular weight is 538 g/mol. The predicted molar refractivity (Wildman–Crippen MR) is 142 cm³/mol. The molecule has 0 saturated carbocycles. The number of furan rings is 1. The molecule has 33 heavy (non-hydrogen) atoms. The number of nitrogens with zero attached hydrogens (tertiary/aromatic N) is 2. The number of carbonyl (C=O) groups is 1. The van der Waals surface area contributed by atoms with Gasteiger partial charge in [-0.1, -0.05) is 77.2 Å². The second-order valence-electron chi connectivity index (χ2n) is 7.85. The summed E-state index contributed by atoms with van der Waals surface area (Å²) < 4.78 is 9.31. The van der Waals surface area contributed by atoms with E-state index in [9.17, 15) is 4.79 Å². The van der Waals surface area contributed by atoms with Crippen molar-refractivity contribution in [2.45, 2.75) is 26.4 Å². The van der Waals surface area contributed by atoms with Crippen LogP contribution in [-0.4, -0.2) is 19.7 Å². The Morgan fingerprint density at radius 3 is 2.64 bits per heavy atom. The fourth-order valence-corrected chi connectivity index (χ4v) is 5.62. The van der Waals surface area contributed by atoms with E-state index < -0.39 is 0 Å². The van der Waals surface area contributed by atoms with Crippen LogP contribution in [0.2, 0.25) is 0 Å². The molecule has 1 amide bonds. The smallest absolute Gasteiger partial charge is 0.266 e. The molecule has 1 aliphatic rings. The molecule has 0 atom stereocenters. The third-order valence-corrected chi connectivity index (χ3v) is 7.62. The summed E-state index contributed by atoms with van der Waals surface area (Å²) in [6.07, 6.45) is 6.66. The van der Waals surface area contributed by atoms with Crippen LogP contribution in [0.4, 0.5) is 0 Å². The molecular formula is C26H21BrN2O2S2. The number of amides is 1. The molecule has 166 valence electrons. The Kier molecular flexibility index (Phi) is 6.27. The van der Waals surface area contributed by atoms with E-state index in [1.807, 2.05) is 18.2 Å². The van der Waals surface area contributed by atoms with E-state index in [0.717, 1.165) is 28.4 Å². The molecule has 0 spiro atoms. The fraction of sp³-hybridized carbons (Fsp3) is 0.154. The molecule has 0 aliphatic carbocycles. The summed E-state index contributed by atoms with van der Waals surface area (Å²) in [6, 6.07) is 18.4. The first kappa shape index (κ1) is 22.2. The summed E-state index contributed by atoms with van der Waals surface area (Å²) in [5.74, 6) is 0.632. The fourth-order valence-electron chi connectivity index (χ4n) is 4.11. The largest absolute Gasteiger partial charge is 0.467 e. The molecule has 2 aromatic carbocycles. The third kappa shape index (κ3) is 4.45. The Hall–Kier alpha value is -2.61. The lowest BCUT2D eigenvalue weighted by molar-refractivity contribution is -0.122. The Morgan fingerprint density at radius 2 is 1.91 bits per heavy atom. The maximum Gasteiger partial charge on any atom is 0.266 e. The molecule has 0 unspecified atom stereocenters. The molecule has 1 fully saturated rings. The number of carbonyl (C=O) groups excluding carboxylic acids is 1. The number of aryl methyl sites for hydroxylation is 1. The van der Waals surface area contributed by atoms with Gasteiger partial charge in [0.15, 0.2) is 0 Å². The summed E-state index contributed by atoms with van der Waals surface area (Å²) in [5.41, 5.74) is 4.74. The predicted octanol–water partition coefficient (Wildman–Crippen LogP) is 7.01. The maximum atomic E-state index is 13.1.